The van der Waals surface area contributed by atoms with Gasteiger partial charge in [0.25, 0.3) is 12.3 Å². The summed E-state index contributed by atoms with van der Waals surface area (Å²) in [5.74, 6) is -1.19. The van der Waals surface area contributed by atoms with Crippen LogP contribution in [-0.2, 0) is 17.5 Å². The molecule has 0 aliphatic heterocycles. The van der Waals surface area contributed by atoms with E-state index in [2.05, 4.69) is 10.3 Å². The molecular weight excluding hydrogens is 447 g/mol. The molecular formula is C22H25F5N4O2. The van der Waals surface area contributed by atoms with Gasteiger partial charge in [0.1, 0.15) is 5.82 Å². The molecule has 2 aromatic rings. The predicted octanol–water partition coefficient (Wildman–Crippen LogP) is 4.74. The Labute approximate surface area is 187 Å². The quantitative estimate of drug-likeness (QED) is 0.618. The molecule has 1 fully saturated rings. The first-order valence-electron chi connectivity index (χ1n) is 10.5. The molecule has 1 heterocycles. The van der Waals surface area contributed by atoms with Crippen molar-refractivity contribution in [3.63, 3.8) is 0 Å². The Hall–Kier alpha value is -2.98. The van der Waals surface area contributed by atoms with Crippen LogP contribution in [0.4, 0.5) is 27.8 Å². The van der Waals surface area contributed by atoms with Crippen LogP contribution in [-0.4, -0.2) is 45.8 Å². The molecule has 0 saturated heterocycles. The number of rotatable bonds is 6. The number of alkyl halides is 5. The standard InChI is InChI=1S/C22H25F5N4O2/c1-13-19(31(12-28-13)11-18(23)24)29-20(32)14-5-4-8-17(10-14)30(2)21(33)15-6-3-7-16(9-15)22(25,26)27/h3,6-7,9,12,14,17-18H,4-5,8,10-11H2,1-2H3,(H,29,32)/t14-,17+/m1/s1. The first kappa shape index (κ1) is 24.7. The number of hydrogen-bond acceptors (Lipinski definition) is 3. The van der Waals surface area contributed by atoms with Crippen LogP contribution in [0.3, 0.4) is 0 Å². The summed E-state index contributed by atoms with van der Waals surface area (Å²) in [5.41, 5.74) is -0.572. The first-order valence-corrected chi connectivity index (χ1v) is 10.5. The van der Waals surface area contributed by atoms with Gasteiger partial charge in [0.15, 0.2) is 0 Å². The van der Waals surface area contributed by atoms with Crippen LogP contribution in [0.5, 0.6) is 0 Å². The number of benzene rings is 1. The summed E-state index contributed by atoms with van der Waals surface area (Å²) in [5, 5.41) is 2.68. The van der Waals surface area contributed by atoms with Crippen molar-refractivity contribution in [1.82, 2.24) is 14.5 Å². The zero-order valence-electron chi connectivity index (χ0n) is 18.2. The van der Waals surface area contributed by atoms with E-state index in [0.717, 1.165) is 12.1 Å². The van der Waals surface area contributed by atoms with Gasteiger partial charge in [-0.15, -0.1) is 0 Å². The van der Waals surface area contributed by atoms with Gasteiger partial charge < -0.3 is 14.8 Å². The van der Waals surface area contributed by atoms with Gasteiger partial charge in [-0.05, 0) is 44.4 Å². The third kappa shape index (κ3) is 5.88. The minimum Gasteiger partial charge on any atom is -0.339 e. The van der Waals surface area contributed by atoms with Gasteiger partial charge >= 0.3 is 6.18 Å². The summed E-state index contributed by atoms with van der Waals surface area (Å²) in [4.78, 5) is 31.0. The minimum atomic E-state index is -4.56. The van der Waals surface area contributed by atoms with Crippen molar-refractivity contribution >= 4 is 17.6 Å². The lowest BCUT2D eigenvalue weighted by molar-refractivity contribution is -0.137. The average molecular weight is 472 g/mol. The molecule has 33 heavy (non-hydrogen) atoms. The molecule has 1 N–H and O–H groups in total. The molecule has 1 aliphatic rings. The van der Waals surface area contributed by atoms with Crippen molar-refractivity contribution in [3.8, 4) is 0 Å². The molecule has 3 rings (SSSR count). The molecule has 180 valence electrons. The van der Waals surface area contributed by atoms with Crippen molar-refractivity contribution < 1.29 is 31.5 Å². The van der Waals surface area contributed by atoms with E-state index < -0.39 is 36.5 Å². The number of imidazole rings is 1. The molecule has 1 aromatic heterocycles. The van der Waals surface area contributed by atoms with Crippen molar-refractivity contribution in [2.24, 2.45) is 5.92 Å². The Morgan fingerprint density at radius 3 is 2.67 bits per heavy atom. The number of nitrogens with zero attached hydrogens (tertiary/aromatic N) is 3. The summed E-state index contributed by atoms with van der Waals surface area (Å²) in [7, 11) is 1.51. The van der Waals surface area contributed by atoms with Gasteiger partial charge in [-0.3, -0.25) is 9.59 Å². The lowest BCUT2D eigenvalue weighted by atomic mass is 9.84. The van der Waals surface area contributed by atoms with Crippen molar-refractivity contribution in [3.05, 3.63) is 47.4 Å². The van der Waals surface area contributed by atoms with Crippen LogP contribution in [0.25, 0.3) is 0 Å². The SMILES string of the molecule is Cc1ncn(CC(F)F)c1NC(=O)[C@@H]1CCC[C@H](N(C)C(=O)c2cccc(C(F)(F)F)c2)C1. The van der Waals surface area contributed by atoms with Crippen LogP contribution in [0.1, 0.15) is 47.3 Å². The predicted molar refractivity (Wildman–Crippen MR) is 111 cm³/mol. The van der Waals surface area contributed by atoms with E-state index in [-0.39, 0.29) is 23.3 Å². The second-order valence-corrected chi connectivity index (χ2v) is 8.22. The monoisotopic (exact) mass is 472 g/mol. The van der Waals surface area contributed by atoms with Crippen LogP contribution >= 0.6 is 0 Å². The van der Waals surface area contributed by atoms with E-state index in [1.807, 2.05) is 0 Å². The highest BCUT2D eigenvalue weighted by molar-refractivity contribution is 5.95. The lowest BCUT2D eigenvalue weighted by Gasteiger charge is -2.35. The molecule has 0 spiro atoms. The molecule has 1 saturated carbocycles. The van der Waals surface area contributed by atoms with Crippen LogP contribution in [0.2, 0.25) is 0 Å². The zero-order valence-corrected chi connectivity index (χ0v) is 18.2. The molecule has 1 aromatic carbocycles. The van der Waals surface area contributed by atoms with E-state index >= 15 is 0 Å². The Morgan fingerprint density at radius 1 is 1.27 bits per heavy atom. The number of amides is 2. The highest BCUT2D eigenvalue weighted by Crippen LogP contribution is 2.32. The van der Waals surface area contributed by atoms with E-state index in [4.69, 9.17) is 0 Å². The largest absolute Gasteiger partial charge is 0.416 e. The fraction of sp³-hybridized carbons (Fsp3) is 0.500. The number of aryl methyl sites for hydroxylation is 1. The zero-order chi connectivity index (χ0) is 24.3. The number of hydrogen-bond donors (Lipinski definition) is 1. The third-order valence-electron chi connectivity index (χ3n) is 5.92. The molecule has 1 aliphatic carbocycles. The van der Waals surface area contributed by atoms with E-state index in [0.29, 0.717) is 31.4 Å². The van der Waals surface area contributed by atoms with Crippen molar-refractivity contribution in [2.45, 2.75) is 57.8 Å². The third-order valence-corrected chi connectivity index (χ3v) is 5.92. The number of halogens is 5. The van der Waals surface area contributed by atoms with E-state index in [1.54, 1.807) is 6.92 Å². The summed E-state index contributed by atoms with van der Waals surface area (Å²) >= 11 is 0. The Kier molecular flexibility index (Phi) is 7.38. The number of aromatic nitrogens is 2. The Bertz CT molecular complexity index is 1000. The van der Waals surface area contributed by atoms with Gasteiger partial charge in [0.2, 0.25) is 5.91 Å². The number of carbonyl (C=O) groups excluding carboxylic acids is 2. The number of anilines is 1. The fourth-order valence-electron chi connectivity index (χ4n) is 4.10. The molecule has 0 unspecified atom stereocenters. The van der Waals surface area contributed by atoms with E-state index in [9.17, 15) is 31.5 Å². The van der Waals surface area contributed by atoms with Gasteiger partial charge in [-0.1, -0.05) is 12.5 Å². The van der Waals surface area contributed by atoms with Crippen molar-refractivity contribution in [2.75, 3.05) is 12.4 Å². The number of nitrogens with one attached hydrogen (secondary N) is 1. The summed E-state index contributed by atoms with van der Waals surface area (Å²) in [6.07, 6.45) is -3.82. The molecule has 6 nitrogen and oxygen atoms in total. The Morgan fingerprint density at radius 2 is 2.00 bits per heavy atom. The van der Waals surface area contributed by atoms with Gasteiger partial charge in [-0.25, -0.2) is 13.8 Å². The molecule has 0 bridgehead atoms. The van der Waals surface area contributed by atoms with Crippen LogP contribution in [0.15, 0.2) is 30.6 Å². The molecule has 2 amide bonds. The van der Waals surface area contributed by atoms with Crippen LogP contribution in [0, 0.1) is 12.8 Å². The van der Waals surface area contributed by atoms with Gasteiger partial charge in [-0.2, -0.15) is 13.2 Å². The maximum atomic E-state index is 13.0. The molecule has 11 heteroatoms. The molecule has 2 atom stereocenters. The van der Waals surface area contributed by atoms with E-state index in [1.165, 1.54) is 35.0 Å². The average Bonchev–Trinajstić information content (AvgIpc) is 3.10. The second kappa shape index (κ2) is 9.88. The van der Waals surface area contributed by atoms with Gasteiger partial charge in [0.05, 0.1) is 24.1 Å². The summed E-state index contributed by atoms with van der Waals surface area (Å²) in [6.45, 7) is 1.00. The lowest BCUT2D eigenvalue weighted by Crippen LogP contribution is -2.42. The highest BCUT2D eigenvalue weighted by atomic mass is 19.4. The molecule has 0 radical (unpaired) electrons. The normalized spacial score (nSPS) is 18.9. The Balaban J connectivity index is 1.68. The maximum Gasteiger partial charge on any atom is 0.416 e. The second-order valence-electron chi connectivity index (χ2n) is 8.22. The first-order chi connectivity index (χ1) is 15.5. The summed E-state index contributed by atoms with van der Waals surface area (Å²) < 4.78 is 65.7. The van der Waals surface area contributed by atoms with Gasteiger partial charge in [0, 0.05) is 24.6 Å². The maximum absolute atomic E-state index is 13.0. The topological polar surface area (TPSA) is 67.2 Å². The fourth-order valence-corrected chi connectivity index (χ4v) is 4.10. The van der Waals surface area contributed by atoms with Crippen molar-refractivity contribution in [1.29, 1.82) is 0 Å². The highest BCUT2D eigenvalue weighted by Gasteiger charge is 2.34. The number of carbonyl (C=O) groups is 2. The summed E-state index contributed by atoms with van der Waals surface area (Å²) in [6, 6.07) is 3.89. The smallest absolute Gasteiger partial charge is 0.339 e. The minimum absolute atomic E-state index is 0.0783. The van der Waals surface area contributed by atoms with Crippen LogP contribution < -0.4 is 5.32 Å².